The fourth-order valence-electron chi connectivity index (χ4n) is 4.97. The molecule has 3 atom stereocenters. The first-order valence-corrected chi connectivity index (χ1v) is 12.9. The molecule has 2 heterocycles. The number of anilines is 1. The number of carbonyl (C=O) groups is 2. The van der Waals surface area contributed by atoms with Gasteiger partial charge in [-0.3, -0.25) is 19.0 Å². The Morgan fingerprint density at radius 2 is 1.75 bits per heavy atom. The maximum Gasteiger partial charge on any atom is 0.416 e. The Bertz CT molecular complexity index is 1480. The van der Waals surface area contributed by atoms with Gasteiger partial charge in [0.15, 0.2) is 0 Å². The maximum atomic E-state index is 14.1. The molecule has 2 amide bonds. The molecule has 0 radical (unpaired) electrons. The third kappa shape index (κ3) is 6.11. The smallest absolute Gasteiger partial charge is 0.379 e. The molecule has 3 unspecified atom stereocenters. The van der Waals surface area contributed by atoms with Gasteiger partial charge >= 0.3 is 6.18 Å². The van der Waals surface area contributed by atoms with Crippen molar-refractivity contribution in [2.24, 2.45) is 0 Å². The fraction of sp³-hybridized carbons (Fsp3) is 0.429. The number of hydrogen-bond acceptors (Lipinski definition) is 6. The van der Waals surface area contributed by atoms with E-state index in [0.717, 1.165) is 10.6 Å². The van der Waals surface area contributed by atoms with Crippen molar-refractivity contribution in [2.45, 2.75) is 58.7 Å². The molecule has 1 saturated heterocycles. The molecule has 2 N–H and O–H groups in total. The SMILES string of the molecule is CNC(=O)Cn1c(C)nc2cc(C(F)(F)F)c(C(C)Nc3ccc(C(=O)N4CC(C)OC(C)C4)cc3)cc2c1=O. The van der Waals surface area contributed by atoms with Gasteiger partial charge in [-0.1, -0.05) is 0 Å². The third-order valence-electron chi connectivity index (χ3n) is 6.89. The zero-order chi connectivity index (χ0) is 29.4. The first-order chi connectivity index (χ1) is 18.8. The number of halogens is 3. The zero-order valence-electron chi connectivity index (χ0n) is 22.9. The molecule has 4 rings (SSSR count). The van der Waals surface area contributed by atoms with Crippen LogP contribution in [0.5, 0.6) is 0 Å². The van der Waals surface area contributed by atoms with E-state index < -0.39 is 29.2 Å². The Morgan fingerprint density at radius 3 is 2.33 bits per heavy atom. The molecule has 9 nitrogen and oxygen atoms in total. The van der Waals surface area contributed by atoms with Gasteiger partial charge in [0, 0.05) is 37.4 Å². The second kappa shape index (κ2) is 11.3. The predicted molar refractivity (Wildman–Crippen MR) is 144 cm³/mol. The Hall–Kier alpha value is -3.93. The van der Waals surface area contributed by atoms with Crippen molar-refractivity contribution < 1.29 is 27.5 Å². The second-order valence-corrected chi connectivity index (χ2v) is 10.1. The number of nitrogens with one attached hydrogen (secondary N) is 2. The molecule has 1 aromatic heterocycles. The van der Waals surface area contributed by atoms with Crippen LogP contribution in [0.15, 0.2) is 41.2 Å². The van der Waals surface area contributed by atoms with E-state index in [0.29, 0.717) is 24.3 Å². The molecule has 0 bridgehead atoms. The second-order valence-electron chi connectivity index (χ2n) is 10.1. The lowest BCUT2D eigenvalue weighted by atomic mass is 9.98. The topological polar surface area (TPSA) is 106 Å². The Morgan fingerprint density at radius 1 is 1.12 bits per heavy atom. The molecular weight excluding hydrogens is 527 g/mol. The molecule has 1 aliphatic heterocycles. The maximum absolute atomic E-state index is 14.1. The summed E-state index contributed by atoms with van der Waals surface area (Å²) in [5, 5.41) is 5.44. The van der Waals surface area contributed by atoms with E-state index >= 15 is 0 Å². The highest BCUT2D eigenvalue weighted by atomic mass is 19.4. The molecule has 0 spiro atoms. The average molecular weight is 560 g/mol. The van der Waals surface area contributed by atoms with Crippen molar-refractivity contribution >= 4 is 28.4 Å². The molecule has 1 fully saturated rings. The number of aryl methyl sites for hydroxylation is 1. The largest absolute Gasteiger partial charge is 0.416 e. The van der Waals surface area contributed by atoms with Gasteiger partial charge < -0.3 is 20.3 Å². The molecular formula is C28H32F3N5O4. The summed E-state index contributed by atoms with van der Waals surface area (Å²) in [6.45, 7) is 7.47. The number of amides is 2. The number of morpholine rings is 1. The molecule has 0 aliphatic carbocycles. The van der Waals surface area contributed by atoms with Crippen LogP contribution in [0.2, 0.25) is 0 Å². The van der Waals surface area contributed by atoms with Gasteiger partial charge in [0.25, 0.3) is 11.5 Å². The number of hydrogen-bond donors (Lipinski definition) is 2. The van der Waals surface area contributed by atoms with E-state index in [1.54, 1.807) is 36.1 Å². The van der Waals surface area contributed by atoms with Crippen LogP contribution in [0.1, 0.15) is 54.1 Å². The standard InChI is InChI=1S/C28H32F3N5O4/c1-15-12-35(13-16(2)40-15)26(38)19-6-8-20(9-7-19)33-17(3)21-10-22-24(11-23(21)28(29,30)31)34-18(4)36(27(22)39)14-25(37)32-5/h6-11,15-17,33H,12-14H2,1-5H3,(H,32,37). The Kier molecular flexibility index (Phi) is 8.20. The number of nitrogens with zero attached hydrogens (tertiary/aromatic N) is 3. The minimum absolute atomic E-state index is 0.0268. The average Bonchev–Trinajstić information content (AvgIpc) is 2.89. The van der Waals surface area contributed by atoms with Crippen LogP contribution < -0.4 is 16.2 Å². The van der Waals surface area contributed by atoms with Crippen LogP contribution in [-0.4, -0.2) is 58.6 Å². The van der Waals surface area contributed by atoms with Crippen molar-refractivity contribution in [3.05, 3.63) is 69.3 Å². The van der Waals surface area contributed by atoms with Crippen LogP contribution in [0.3, 0.4) is 0 Å². The first kappa shape index (κ1) is 29.1. The van der Waals surface area contributed by atoms with Gasteiger partial charge in [0.2, 0.25) is 5.91 Å². The number of rotatable bonds is 6. The van der Waals surface area contributed by atoms with Gasteiger partial charge in [0.1, 0.15) is 12.4 Å². The summed E-state index contributed by atoms with van der Waals surface area (Å²) in [6.07, 6.45) is -4.85. The third-order valence-corrected chi connectivity index (χ3v) is 6.89. The van der Waals surface area contributed by atoms with Crippen molar-refractivity contribution in [3.8, 4) is 0 Å². The van der Waals surface area contributed by atoms with Crippen LogP contribution in [0.25, 0.3) is 10.9 Å². The minimum atomic E-state index is -4.70. The van der Waals surface area contributed by atoms with Crippen LogP contribution >= 0.6 is 0 Å². The molecule has 12 heteroatoms. The highest BCUT2D eigenvalue weighted by Gasteiger charge is 2.36. The number of benzene rings is 2. The molecule has 214 valence electrons. The lowest BCUT2D eigenvalue weighted by Gasteiger charge is -2.35. The van der Waals surface area contributed by atoms with E-state index in [2.05, 4.69) is 15.6 Å². The highest BCUT2D eigenvalue weighted by Crippen LogP contribution is 2.37. The molecule has 40 heavy (non-hydrogen) atoms. The van der Waals surface area contributed by atoms with Crippen molar-refractivity contribution in [1.29, 1.82) is 0 Å². The number of ether oxygens (including phenoxy) is 1. The quantitative estimate of drug-likeness (QED) is 0.475. The summed E-state index contributed by atoms with van der Waals surface area (Å²) >= 11 is 0. The van der Waals surface area contributed by atoms with Crippen LogP contribution in [0.4, 0.5) is 18.9 Å². The van der Waals surface area contributed by atoms with E-state index in [-0.39, 0.29) is 47.0 Å². The van der Waals surface area contributed by atoms with Crippen molar-refractivity contribution in [1.82, 2.24) is 19.8 Å². The van der Waals surface area contributed by atoms with Gasteiger partial charge in [0.05, 0.1) is 28.7 Å². The van der Waals surface area contributed by atoms with E-state index in [1.165, 1.54) is 20.0 Å². The van der Waals surface area contributed by atoms with Crippen LogP contribution in [0, 0.1) is 6.92 Å². The summed E-state index contributed by atoms with van der Waals surface area (Å²) < 4.78 is 49.1. The van der Waals surface area contributed by atoms with Gasteiger partial charge in [-0.15, -0.1) is 0 Å². The number of alkyl halides is 3. The summed E-state index contributed by atoms with van der Waals surface area (Å²) in [6, 6.07) is 7.70. The summed E-state index contributed by atoms with van der Waals surface area (Å²) in [4.78, 5) is 43.9. The fourth-order valence-corrected chi connectivity index (χ4v) is 4.97. The normalized spacial score (nSPS) is 18.4. The predicted octanol–water partition coefficient (Wildman–Crippen LogP) is 3.89. The molecule has 3 aromatic rings. The van der Waals surface area contributed by atoms with E-state index in [9.17, 15) is 27.6 Å². The lowest BCUT2D eigenvalue weighted by Crippen LogP contribution is -2.48. The van der Waals surface area contributed by atoms with Crippen molar-refractivity contribution in [2.75, 3.05) is 25.5 Å². The summed E-state index contributed by atoms with van der Waals surface area (Å²) in [5.41, 5.74) is -0.820. The van der Waals surface area contributed by atoms with E-state index in [4.69, 9.17) is 4.74 Å². The number of carbonyl (C=O) groups excluding carboxylic acids is 2. The monoisotopic (exact) mass is 559 g/mol. The van der Waals surface area contributed by atoms with E-state index in [1.807, 2.05) is 13.8 Å². The molecule has 2 aromatic carbocycles. The summed E-state index contributed by atoms with van der Waals surface area (Å²) in [5.74, 6) is -0.455. The number of likely N-dealkylation sites (N-methyl/N-ethyl adjacent to an activating group) is 1. The lowest BCUT2D eigenvalue weighted by molar-refractivity contribution is -0.138. The number of aromatic nitrogens is 2. The number of fused-ring (bicyclic) bond motifs is 1. The Balaban J connectivity index is 1.64. The first-order valence-electron chi connectivity index (χ1n) is 12.9. The molecule has 0 saturated carbocycles. The van der Waals surface area contributed by atoms with Gasteiger partial charge in [-0.2, -0.15) is 13.2 Å². The Labute approximate surface area is 229 Å². The van der Waals surface area contributed by atoms with Crippen molar-refractivity contribution in [3.63, 3.8) is 0 Å². The zero-order valence-corrected chi connectivity index (χ0v) is 22.9. The highest BCUT2D eigenvalue weighted by molar-refractivity contribution is 5.94. The van der Waals surface area contributed by atoms with Crippen LogP contribution in [-0.2, 0) is 22.3 Å². The van der Waals surface area contributed by atoms with Gasteiger partial charge in [-0.05, 0) is 69.7 Å². The minimum Gasteiger partial charge on any atom is -0.379 e. The summed E-state index contributed by atoms with van der Waals surface area (Å²) in [7, 11) is 1.42. The van der Waals surface area contributed by atoms with Gasteiger partial charge in [-0.25, -0.2) is 4.98 Å². The molecule has 1 aliphatic rings.